The molecule has 2 aromatic heterocycles. The lowest BCUT2D eigenvalue weighted by molar-refractivity contribution is 0.390. The zero-order valence-electron chi connectivity index (χ0n) is 13.4. The quantitative estimate of drug-likeness (QED) is 0.606. The monoisotopic (exact) mass is 363 g/mol. The Morgan fingerprint density at radius 3 is 3.00 bits per heavy atom. The number of aromatic nitrogens is 4. The van der Waals surface area contributed by atoms with Gasteiger partial charge < -0.3 is 14.6 Å². The molecule has 0 aliphatic carbocycles. The average Bonchev–Trinajstić information content (AvgIpc) is 3.27. The van der Waals surface area contributed by atoms with Gasteiger partial charge in [-0.05, 0) is 18.6 Å². The molecule has 0 saturated carbocycles. The van der Waals surface area contributed by atoms with Crippen molar-refractivity contribution in [3.63, 3.8) is 0 Å². The Labute approximate surface area is 147 Å². The third kappa shape index (κ3) is 4.04. The van der Waals surface area contributed by atoms with Crippen LogP contribution in [0, 0.1) is 0 Å². The van der Waals surface area contributed by atoms with Crippen molar-refractivity contribution in [1.29, 1.82) is 0 Å². The van der Waals surface area contributed by atoms with Crippen LogP contribution in [0.2, 0.25) is 0 Å². The molecule has 126 valence electrons. The molecule has 2 heterocycles. The first-order valence-electron chi connectivity index (χ1n) is 7.46. The summed E-state index contributed by atoms with van der Waals surface area (Å²) < 4.78 is 11.5. The van der Waals surface area contributed by atoms with Gasteiger partial charge in [0.05, 0.1) is 18.4 Å². The van der Waals surface area contributed by atoms with Crippen LogP contribution in [0.3, 0.4) is 0 Å². The van der Waals surface area contributed by atoms with E-state index in [0.29, 0.717) is 23.2 Å². The normalized spacial score (nSPS) is 10.8. The summed E-state index contributed by atoms with van der Waals surface area (Å²) in [5, 5.41) is 16.3. The van der Waals surface area contributed by atoms with E-state index >= 15 is 0 Å². The van der Waals surface area contributed by atoms with Crippen molar-refractivity contribution in [3.05, 3.63) is 30.2 Å². The number of thioether (sulfide) groups is 1. The van der Waals surface area contributed by atoms with E-state index in [1.165, 1.54) is 23.1 Å². The van der Waals surface area contributed by atoms with Gasteiger partial charge in [0.1, 0.15) is 5.75 Å². The summed E-state index contributed by atoms with van der Waals surface area (Å²) in [5.74, 6) is 2.32. The number of para-hydroxylation sites is 1. The Morgan fingerprint density at radius 2 is 2.17 bits per heavy atom. The van der Waals surface area contributed by atoms with Crippen molar-refractivity contribution < 1.29 is 9.26 Å². The maximum Gasteiger partial charge on any atom is 0.237 e. The lowest BCUT2D eigenvalue weighted by atomic mass is 10.2. The highest BCUT2D eigenvalue weighted by Crippen LogP contribution is 2.30. The Hall–Kier alpha value is -2.13. The molecule has 3 rings (SSSR count). The van der Waals surface area contributed by atoms with Crippen molar-refractivity contribution >= 4 is 28.2 Å². The highest BCUT2D eigenvalue weighted by molar-refractivity contribution is 8.00. The summed E-state index contributed by atoms with van der Waals surface area (Å²) in [7, 11) is 1.62. The van der Waals surface area contributed by atoms with Crippen molar-refractivity contribution in [2.75, 3.05) is 19.0 Å². The molecule has 9 heteroatoms. The topological polar surface area (TPSA) is 86.0 Å². The number of ether oxygens (including phenoxy) is 1. The molecule has 0 radical (unpaired) electrons. The molecule has 0 fully saturated rings. The standard InChI is InChI=1S/C15H17N5O2S2/c1-3-8-16-14-18-19-15(24-14)23-9-12-17-13(20-22-12)10-6-4-5-7-11(10)21-2/h4-7H,3,8-9H2,1-2H3,(H,16,18). The van der Waals surface area contributed by atoms with Gasteiger partial charge in [-0.15, -0.1) is 10.2 Å². The largest absolute Gasteiger partial charge is 0.496 e. The van der Waals surface area contributed by atoms with Crippen molar-refractivity contribution in [3.8, 4) is 17.1 Å². The van der Waals surface area contributed by atoms with Gasteiger partial charge in [-0.2, -0.15) is 4.98 Å². The molecular weight excluding hydrogens is 346 g/mol. The predicted octanol–water partition coefficient (Wildman–Crippen LogP) is 3.71. The number of methoxy groups -OCH3 is 1. The Balaban J connectivity index is 1.63. The second kappa shape index (κ2) is 8.11. The Kier molecular flexibility index (Phi) is 5.65. The highest BCUT2D eigenvalue weighted by atomic mass is 32.2. The molecule has 0 aliphatic rings. The molecule has 7 nitrogen and oxygen atoms in total. The molecule has 0 aliphatic heterocycles. The first kappa shape index (κ1) is 16.7. The molecule has 0 spiro atoms. The first-order valence-corrected chi connectivity index (χ1v) is 9.26. The van der Waals surface area contributed by atoms with Crippen molar-refractivity contribution in [2.24, 2.45) is 0 Å². The third-order valence-corrected chi connectivity index (χ3v) is 5.07. The lowest BCUT2D eigenvalue weighted by Gasteiger charge is -2.02. The van der Waals surface area contributed by atoms with Crippen LogP contribution in [-0.4, -0.2) is 34.0 Å². The van der Waals surface area contributed by atoms with Crippen LogP contribution in [0.15, 0.2) is 33.1 Å². The van der Waals surface area contributed by atoms with Crippen LogP contribution in [0.5, 0.6) is 5.75 Å². The fourth-order valence-corrected chi connectivity index (χ4v) is 3.56. The van der Waals surface area contributed by atoms with Gasteiger partial charge in [0.15, 0.2) is 4.34 Å². The lowest BCUT2D eigenvalue weighted by Crippen LogP contribution is -1.98. The number of anilines is 1. The SMILES string of the molecule is CCCNc1nnc(SCc2nc(-c3ccccc3OC)no2)s1. The van der Waals surface area contributed by atoms with Gasteiger partial charge in [-0.3, -0.25) is 0 Å². The van der Waals surface area contributed by atoms with Gasteiger partial charge >= 0.3 is 0 Å². The number of hydrogen-bond acceptors (Lipinski definition) is 9. The molecule has 0 unspecified atom stereocenters. The molecule has 0 atom stereocenters. The molecule has 1 aromatic carbocycles. The van der Waals surface area contributed by atoms with Crippen LogP contribution in [-0.2, 0) is 5.75 Å². The average molecular weight is 363 g/mol. The number of benzene rings is 1. The maximum atomic E-state index is 5.32. The zero-order chi connectivity index (χ0) is 16.8. The molecule has 0 bridgehead atoms. The number of nitrogens with one attached hydrogen (secondary N) is 1. The van der Waals surface area contributed by atoms with Crippen molar-refractivity contribution in [1.82, 2.24) is 20.3 Å². The van der Waals surface area contributed by atoms with Gasteiger partial charge in [0.25, 0.3) is 0 Å². The molecule has 3 aromatic rings. The van der Waals surface area contributed by atoms with Crippen molar-refractivity contribution in [2.45, 2.75) is 23.4 Å². The summed E-state index contributed by atoms with van der Waals surface area (Å²) in [6.45, 7) is 3.00. The van der Waals surface area contributed by atoms with E-state index in [9.17, 15) is 0 Å². The van der Waals surface area contributed by atoms with Gasteiger partial charge in [0.2, 0.25) is 16.8 Å². The van der Waals surface area contributed by atoms with E-state index in [2.05, 4.69) is 32.6 Å². The molecule has 0 amide bonds. The molecule has 1 N–H and O–H groups in total. The van der Waals surface area contributed by atoms with E-state index in [1.807, 2.05) is 24.3 Å². The van der Waals surface area contributed by atoms with E-state index in [0.717, 1.165) is 28.0 Å². The van der Waals surface area contributed by atoms with Gasteiger partial charge in [0, 0.05) is 6.54 Å². The summed E-state index contributed by atoms with van der Waals surface area (Å²) in [6.07, 6.45) is 1.05. The summed E-state index contributed by atoms with van der Waals surface area (Å²) in [4.78, 5) is 4.42. The van der Waals surface area contributed by atoms with Crippen LogP contribution in [0.25, 0.3) is 11.4 Å². The minimum absolute atomic E-state index is 0.519. The molecular formula is C15H17N5O2S2. The van der Waals surface area contributed by atoms with Crippen LogP contribution < -0.4 is 10.1 Å². The highest BCUT2D eigenvalue weighted by Gasteiger charge is 2.14. The van der Waals surface area contributed by atoms with Crippen LogP contribution in [0.1, 0.15) is 19.2 Å². The summed E-state index contributed by atoms with van der Waals surface area (Å²) >= 11 is 3.04. The fraction of sp³-hybridized carbons (Fsp3) is 0.333. The summed E-state index contributed by atoms with van der Waals surface area (Å²) in [6, 6.07) is 7.58. The van der Waals surface area contributed by atoms with E-state index < -0.39 is 0 Å². The Bertz CT molecular complexity index is 790. The second-order valence-corrected chi connectivity index (χ2v) is 7.00. The van der Waals surface area contributed by atoms with Crippen LogP contribution in [0.4, 0.5) is 5.13 Å². The number of hydrogen-bond donors (Lipinski definition) is 1. The molecule has 0 saturated heterocycles. The zero-order valence-corrected chi connectivity index (χ0v) is 15.0. The first-order chi connectivity index (χ1) is 11.8. The van der Waals surface area contributed by atoms with Gasteiger partial charge in [-0.1, -0.05) is 47.3 Å². The van der Waals surface area contributed by atoms with E-state index in [4.69, 9.17) is 9.26 Å². The van der Waals surface area contributed by atoms with E-state index in [1.54, 1.807) is 7.11 Å². The third-order valence-electron chi connectivity index (χ3n) is 3.07. The maximum absolute atomic E-state index is 5.32. The predicted molar refractivity (Wildman–Crippen MR) is 94.5 cm³/mol. The second-order valence-electron chi connectivity index (χ2n) is 4.80. The summed E-state index contributed by atoms with van der Waals surface area (Å²) in [5.41, 5.74) is 0.807. The minimum Gasteiger partial charge on any atom is -0.496 e. The number of nitrogens with zero attached hydrogens (tertiary/aromatic N) is 4. The number of rotatable bonds is 8. The van der Waals surface area contributed by atoms with Gasteiger partial charge in [-0.25, -0.2) is 0 Å². The van der Waals surface area contributed by atoms with Crippen LogP contribution >= 0.6 is 23.1 Å². The smallest absolute Gasteiger partial charge is 0.237 e. The molecule has 24 heavy (non-hydrogen) atoms. The fourth-order valence-electron chi connectivity index (χ4n) is 1.95. The van der Waals surface area contributed by atoms with E-state index in [-0.39, 0.29) is 0 Å². The minimum atomic E-state index is 0.519. The Morgan fingerprint density at radius 1 is 1.29 bits per heavy atom.